The summed E-state index contributed by atoms with van der Waals surface area (Å²) in [6.07, 6.45) is 1.59. The van der Waals surface area contributed by atoms with E-state index in [1.807, 2.05) is 0 Å². The van der Waals surface area contributed by atoms with E-state index in [9.17, 15) is 9.59 Å². The standard InChI is InChI=1S/C12H21N3O3/c1-12(2,6-7-18-3)8-13-11(17)9-4-5-10(16)15-14-9/h4-8H2,1-3H3,(H,13,17)(H,15,16). The van der Waals surface area contributed by atoms with E-state index in [1.54, 1.807) is 7.11 Å². The average Bonchev–Trinajstić information content (AvgIpc) is 2.35. The monoisotopic (exact) mass is 255 g/mol. The van der Waals surface area contributed by atoms with Gasteiger partial charge in [-0.15, -0.1) is 0 Å². The van der Waals surface area contributed by atoms with Crippen LogP contribution in [0.25, 0.3) is 0 Å². The van der Waals surface area contributed by atoms with Crippen LogP contribution >= 0.6 is 0 Å². The van der Waals surface area contributed by atoms with Crippen molar-refractivity contribution in [3.8, 4) is 0 Å². The largest absolute Gasteiger partial charge is 0.385 e. The number of hydrogen-bond donors (Lipinski definition) is 2. The molecule has 0 aromatic heterocycles. The summed E-state index contributed by atoms with van der Waals surface area (Å²) in [4.78, 5) is 22.7. The number of carbonyl (C=O) groups excluding carboxylic acids is 2. The summed E-state index contributed by atoms with van der Waals surface area (Å²) in [5.41, 5.74) is 2.68. The van der Waals surface area contributed by atoms with Crippen molar-refractivity contribution in [1.29, 1.82) is 0 Å². The summed E-state index contributed by atoms with van der Waals surface area (Å²) in [5, 5.41) is 6.59. The van der Waals surface area contributed by atoms with Gasteiger partial charge in [0.05, 0.1) is 0 Å². The Labute approximate surface area is 107 Å². The number of hydrogen-bond acceptors (Lipinski definition) is 4. The third kappa shape index (κ3) is 4.83. The first-order chi connectivity index (χ1) is 8.44. The summed E-state index contributed by atoms with van der Waals surface area (Å²) >= 11 is 0. The fourth-order valence-electron chi connectivity index (χ4n) is 1.53. The molecule has 0 unspecified atom stereocenters. The van der Waals surface area contributed by atoms with Crippen LogP contribution in [0.1, 0.15) is 33.1 Å². The molecule has 6 heteroatoms. The third-order valence-corrected chi connectivity index (χ3v) is 2.88. The Hall–Kier alpha value is -1.43. The van der Waals surface area contributed by atoms with Crippen molar-refractivity contribution >= 4 is 17.5 Å². The molecule has 1 rings (SSSR count). The Morgan fingerprint density at radius 2 is 2.22 bits per heavy atom. The maximum Gasteiger partial charge on any atom is 0.267 e. The highest BCUT2D eigenvalue weighted by Crippen LogP contribution is 2.18. The Morgan fingerprint density at radius 1 is 1.50 bits per heavy atom. The van der Waals surface area contributed by atoms with E-state index in [2.05, 4.69) is 29.7 Å². The van der Waals surface area contributed by atoms with E-state index >= 15 is 0 Å². The Bertz CT molecular complexity index is 350. The zero-order valence-electron chi connectivity index (χ0n) is 11.2. The van der Waals surface area contributed by atoms with Gasteiger partial charge in [0.25, 0.3) is 5.91 Å². The van der Waals surface area contributed by atoms with Crippen molar-refractivity contribution in [2.24, 2.45) is 10.5 Å². The van der Waals surface area contributed by atoms with E-state index in [-0.39, 0.29) is 17.2 Å². The number of methoxy groups -OCH3 is 1. The summed E-state index contributed by atoms with van der Waals surface area (Å²) < 4.78 is 5.03. The van der Waals surface area contributed by atoms with Crippen molar-refractivity contribution < 1.29 is 14.3 Å². The minimum Gasteiger partial charge on any atom is -0.385 e. The molecule has 0 aliphatic carbocycles. The molecule has 0 spiro atoms. The lowest BCUT2D eigenvalue weighted by atomic mass is 9.89. The number of hydrazone groups is 1. The average molecular weight is 255 g/mol. The molecule has 1 heterocycles. The number of rotatable bonds is 6. The summed E-state index contributed by atoms with van der Waals surface area (Å²) in [7, 11) is 1.66. The molecular weight excluding hydrogens is 234 g/mol. The molecule has 0 aromatic rings. The molecule has 2 N–H and O–H groups in total. The minimum absolute atomic E-state index is 0.0237. The van der Waals surface area contributed by atoms with Gasteiger partial charge in [0.15, 0.2) is 0 Å². The van der Waals surface area contributed by atoms with Crippen molar-refractivity contribution in [3.63, 3.8) is 0 Å². The summed E-state index contributed by atoms with van der Waals surface area (Å²) in [5.74, 6) is -0.354. The smallest absolute Gasteiger partial charge is 0.267 e. The second-order valence-corrected chi connectivity index (χ2v) is 5.18. The number of ether oxygens (including phenoxy) is 1. The number of amides is 2. The Morgan fingerprint density at radius 3 is 2.78 bits per heavy atom. The Balaban J connectivity index is 2.39. The van der Waals surface area contributed by atoms with E-state index in [0.29, 0.717) is 31.7 Å². The molecule has 0 aromatic carbocycles. The van der Waals surface area contributed by atoms with Crippen molar-refractivity contribution in [2.45, 2.75) is 33.1 Å². The molecule has 6 nitrogen and oxygen atoms in total. The maximum atomic E-state index is 11.8. The lowest BCUT2D eigenvalue weighted by molar-refractivity contribution is -0.121. The SMILES string of the molecule is COCCC(C)(C)CNC(=O)C1=NNC(=O)CC1. The zero-order valence-corrected chi connectivity index (χ0v) is 11.2. The molecule has 0 fully saturated rings. The van der Waals surface area contributed by atoms with Crippen LogP contribution in [0, 0.1) is 5.41 Å². The molecule has 18 heavy (non-hydrogen) atoms. The summed E-state index contributed by atoms with van der Waals surface area (Å²) in [6.45, 7) is 5.36. The van der Waals surface area contributed by atoms with Crippen molar-refractivity contribution in [1.82, 2.24) is 10.7 Å². The zero-order chi connectivity index (χ0) is 13.6. The predicted molar refractivity (Wildman–Crippen MR) is 68.1 cm³/mol. The number of carbonyl (C=O) groups is 2. The highest BCUT2D eigenvalue weighted by atomic mass is 16.5. The summed E-state index contributed by atoms with van der Waals surface area (Å²) in [6, 6.07) is 0. The van der Waals surface area contributed by atoms with Gasteiger partial charge in [-0.2, -0.15) is 5.10 Å². The fraction of sp³-hybridized carbons (Fsp3) is 0.750. The second kappa shape index (κ2) is 6.49. The fourth-order valence-corrected chi connectivity index (χ4v) is 1.53. The molecule has 1 aliphatic rings. The van der Waals surface area contributed by atoms with Gasteiger partial charge in [-0.3, -0.25) is 9.59 Å². The molecule has 0 saturated heterocycles. The van der Waals surface area contributed by atoms with Crippen LogP contribution in [0.3, 0.4) is 0 Å². The van der Waals surface area contributed by atoms with Gasteiger partial charge in [-0.05, 0) is 11.8 Å². The molecule has 1 aliphatic heterocycles. The van der Waals surface area contributed by atoms with E-state index in [4.69, 9.17) is 4.74 Å². The van der Waals surface area contributed by atoms with Gasteiger partial charge in [0.1, 0.15) is 5.71 Å². The molecule has 2 amide bonds. The normalized spacial score (nSPS) is 15.9. The van der Waals surface area contributed by atoms with Crippen LogP contribution < -0.4 is 10.7 Å². The minimum atomic E-state index is -0.208. The van der Waals surface area contributed by atoms with Gasteiger partial charge in [-0.25, -0.2) is 5.43 Å². The van der Waals surface area contributed by atoms with Crippen molar-refractivity contribution in [2.75, 3.05) is 20.3 Å². The first-order valence-corrected chi connectivity index (χ1v) is 6.07. The molecule has 0 bridgehead atoms. The Kier molecular flexibility index (Phi) is 5.27. The van der Waals surface area contributed by atoms with Gasteiger partial charge in [-0.1, -0.05) is 13.8 Å². The van der Waals surface area contributed by atoms with Crippen LogP contribution in [0.4, 0.5) is 0 Å². The third-order valence-electron chi connectivity index (χ3n) is 2.88. The maximum absolute atomic E-state index is 11.8. The lowest BCUT2D eigenvalue weighted by Crippen LogP contribution is -2.41. The molecule has 0 saturated carbocycles. The molecule has 0 radical (unpaired) electrons. The van der Waals surface area contributed by atoms with E-state index in [0.717, 1.165) is 6.42 Å². The van der Waals surface area contributed by atoms with Crippen molar-refractivity contribution in [3.05, 3.63) is 0 Å². The van der Waals surface area contributed by atoms with Crippen LogP contribution in [0.2, 0.25) is 0 Å². The van der Waals surface area contributed by atoms with Gasteiger partial charge in [0.2, 0.25) is 5.91 Å². The first kappa shape index (κ1) is 14.6. The number of nitrogens with one attached hydrogen (secondary N) is 2. The highest BCUT2D eigenvalue weighted by molar-refractivity contribution is 6.39. The van der Waals surface area contributed by atoms with Crippen LogP contribution in [-0.4, -0.2) is 37.8 Å². The highest BCUT2D eigenvalue weighted by Gasteiger charge is 2.22. The van der Waals surface area contributed by atoms with E-state index in [1.165, 1.54) is 0 Å². The van der Waals surface area contributed by atoms with Crippen LogP contribution in [0.5, 0.6) is 0 Å². The lowest BCUT2D eigenvalue weighted by Gasteiger charge is -2.24. The first-order valence-electron chi connectivity index (χ1n) is 6.07. The molecule has 102 valence electrons. The van der Waals surface area contributed by atoms with E-state index < -0.39 is 0 Å². The van der Waals surface area contributed by atoms with Gasteiger partial charge < -0.3 is 10.1 Å². The van der Waals surface area contributed by atoms with Gasteiger partial charge >= 0.3 is 0 Å². The topological polar surface area (TPSA) is 79.8 Å². The van der Waals surface area contributed by atoms with Crippen LogP contribution in [0.15, 0.2) is 5.10 Å². The predicted octanol–water partition coefficient (Wildman–Crippen LogP) is 0.431. The van der Waals surface area contributed by atoms with Gasteiger partial charge in [0, 0.05) is 33.1 Å². The second-order valence-electron chi connectivity index (χ2n) is 5.18. The molecule has 0 atom stereocenters. The van der Waals surface area contributed by atoms with Crippen LogP contribution in [-0.2, 0) is 14.3 Å². The molecular formula is C12H21N3O3. The number of nitrogens with zero attached hydrogens (tertiary/aromatic N) is 1. The quantitative estimate of drug-likeness (QED) is 0.722.